The van der Waals surface area contributed by atoms with Crippen LogP contribution in [0.1, 0.15) is 0 Å². The molecule has 0 unspecified atom stereocenters. The zero-order chi connectivity index (χ0) is 16.3. The van der Waals surface area contributed by atoms with Gasteiger partial charge in [-0.3, -0.25) is 0 Å². The molecule has 0 spiro atoms. The highest BCUT2D eigenvalue weighted by molar-refractivity contribution is 7.80. The molecule has 0 bridgehead atoms. The van der Waals surface area contributed by atoms with Crippen LogP contribution in [0, 0.1) is 0 Å². The Kier molecular flexibility index (Phi) is 5.15. The minimum atomic E-state index is 0.417. The van der Waals surface area contributed by atoms with Gasteiger partial charge >= 0.3 is 0 Å². The molecule has 0 aliphatic carbocycles. The van der Waals surface area contributed by atoms with Crippen molar-refractivity contribution in [2.24, 2.45) is 0 Å². The van der Waals surface area contributed by atoms with Gasteiger partial charge in [0.1, 0.15) is 11.5 Å². The normalized spacial score (nSPS) is 10.2. The largest absolute Gasteiger partial charge is 0.432 e. The van der Waals surface area contributed by atoms with Gasteiger partial charge in [-0.25, -0.2) is 0 Å². The van der Waals surface area contributed by atoms with E-state index in [1.54, 1.807) is 9.80 Å². The Hall–Kier alpha value is -1.92. The Balaban J connectivity index is 2.26. The summed E-state index contributed by atoms with van der Waals surface area (Å²) in [5.41, 5.74) is 0. The van der Waals surface area contributed by atoms with Crippen LogP contribution >= 0.6 is 24.4 Å². The Morgan fingerprint density at radius 2 is 1.14 bits per heavy atom. The molecule has 0 N–H and O–H groups in total. The monoisotopic (exact) mass is 334 g/mol. The average molecular weight is 334 g/mol. The first-order chi connectivity index (χ1) is 10.4. The van der Waals surface area contributed by atoms with Crippen LogP contribution in [0.5, 0.6) is 11.5 Å². The summed E-state index contributed by atoms with van der Waals surface area (Å²) in [6.45, 7) is 0. The van der Waals surface area contributed by atoms with E-state index in [0.29, 0.717) is 21.8 Å². The number of rotatable bonds is 2. The SMILES string of the molecule is CN(C)C(=S)Oc1ccc2ccc(OC(=S)N(C)C)cc2c1. The molecule has 0 amide bonds. The molecule has 0 saturated carbocycles. The van der Waals surface area contributed by atoms with E-state index in [0.717, 1.165) is 10.8 Å². The van der Waals surface area contributed by atoms with Gasteiger partial charge in [0, 0.05) is 28.2 Å². The summed E-state index contributed by atoms with van der Waals surface area (Å²) in [6, 6.07) is 11.6. The molecule has 0 aliphatic heterocycles. The standard InChI is InChI=1S/C16H18N2O2S2/c1-17(2)15(21)19-13-7-5-11-6-8-14(10-12(11)9-13)20-16(22)18(3)4/h5-10H,1-4H3. The number of thiocarbonyl (C=S) groups is 2. The summed E-state index contributed by atoms with van der Waals surface area (Å²) in [5, 5.41) is 2.92. The zero-order valence-corrected chi connectivity index (χ0v) is 14.6. The Bertz CT molecular complexity index is 658. The molecule has 2 aromatic rings. The molecule has 0 aromatic heterocycles. The van der Waals surface area contributed by atoms with Crippen LogP contribution in [0.15, 0.2) is 36.4 Å². The maximum absolute atomic E-state index is 5.63. The van der Waals surface area contributed by atoms with Gasteiger partial charge in [0.25, 0.3) is 10.3 Å². The van der Waals surface area contributed by atoms with Gasteiger partial charge in [-0.2, -0.15) is 0 Å². The van der Waals surface area contributed by atoms with Crippen LogP contribution in [0.3, 0.4) is 0 Å². The van der Waals surface area contributed by atoms with Crippen LogP contribution in [-0.4, -0.2) is 48.3 Å². The zero-order valence-electron chi connectivity index (χ0n) is 13.0. The van der Waals surface area contributed by atoms with Crippen molar-refractivity contribution in [1.29, 1.82) is 0 Å². The quantitative estimate of drug-likeness (QED) is 0.782. The van der Waals surface area contributed by atoms with Crippen LogP contribution in [-0.2, 0) is 0 Å². The molecule has 2 rings (SSSR count). The first kappa shape index (κ1) is 16.5. The summed E-state index contributed by atoms with van der Waals surface area (Å²) in [7, 11) is 7.38. The lowest BCUT2D eigenvalue weighted by atomic mass is 10.1. The van der Waals surface area contributed by atoms with Crippen molar-refractivity contribution in [1.82, 2.24) is 9.80 Å². The molecule has 4 nitrogen and oxygen atoms in total. The van der Waals surface area contributed by atoms with Crippen molar-refractivity contribution in [3.05, 3.63) is 36.4 Å². The van der Waals surface area contributed by atoms with Crippen molar-refractivity contribution in [3.8, 4) is 11.5 Å². The van der Waals surface area contributed by atoms with Crippen LogP contribution in [0.25, 0.3) is 10.8 Å². The predicted octanol–water partition coefficient (Wildman–Crippen LogP) is 3.29. The van der Waals surface area contributed by atoms with Crippen LogP contribution in [0.2, 0.25) is 0 Å². The summed E-state index contributed by atoms with van der Waals surface area (Å²) in [5.74, 6) is 1.39. The van der Waals surface area contributed by atoms with Gasteiger partial charge < -0.3 is 19.3 Å². The van der Waals surface area contributed by atoms with E-state index >= 15 is 0 Å². The highest BCUT2D eigenvalue weighted by Crippen LogP contribution is 2.25. The average Bonchev–Trinajstić information content (AvgIpc) is 2.46. The van der Waals surface area contributed by atoms with E-state index in [9.17, 15) is 0 Å². The summed E-state index contributed by atoms with van der Waals surface area (Å²) in [4.78, 5) is 3.49. The van der Waals surface area contributed by atoms with Gasteiger partial charge in [0.2, 0.25) is 0 Å². The maximum Gasteiger partial charge on any atom is 0.264 e. The van der Waals surface area contributed by atoms with Crippen molar-refractivity contribution in [2.45, 2.75) is 0 Å². The van der Waals surface area contributed by atoms with Gasteiger partial charge in [0.15, 0.2) is 0 Å². The molecule has 0 saturated heterocycles. The number of fused-ring (bicyclic) bond motifs is 1. The third-order valence-corrected chi connectivity index (χ3v) is 3.82. The minimum Gasteiger partial charge on any atom is -0.432 e. The molecule has 0 atom stereocenters. The summed E-state index contributed by atoms with van der Waals surface area (Å²) >= 11 is 10.3. The minimum absolute atomic E-state index is 0.417. The Morgan fingerprint density at radius 1 is 0.727 bits per heavy atom. The molecule has 0 fully saturated rings. The first-order valence-electron chi connectivity index (χ1n) is 6.69. The highest BCUT2D eigenvalue weighted by Gasteiger charge is 2.06. The number of ether oxygens (including phenoxy) is 2. The highest BCUT2D eigenvalue weighted by atomic mass is 32.1. The van der Waals surface area contributed by atoms with Gasteiger partial charge in [-0.15, -0.1) is 0 Å². The smallest absolute Gasteiger partial charge is 0.264 e. The van der Waals surface area contributed by atoms with E-state index < -0.39 is 0 Å². The Morgan fingerprint density at radius 3 is 1.50 bits per heavy atom. The fourth-order valence-corrected chi connectivity index (χ4v) is 1.91. The molecule has 2 aromatic carbocycles. The number of benzene rings is 2. The third-order valence-electron chi connectivity index (χ3n) is 2.92. The lowest BCUT2D eigenvalue weighted by molar-refractivity contribution is 0.449. The van der Waals surface area contributed by atoms with Gasteiger partial charge in [0.05, 0.1) is 0 Å². The molecule has 116 valence electrons. The van der Waals surface area contributed by atoms with Crippen molar-refractivity contribution in [3.63, 3.8) is 0 Å². The molecule has 0 aliphatic rings. The molecule has 22 heavy (non-hydrogen) atoms. The second-order valence-electron chi connectivity index (χ2n) is 5.20. The van der Waals surface area contributed by atoms with E-state index in [1.165, 1.54) is 0 Å². The van der Waals surface area contributed by atoms with E-state index in [-0.39, 0.29) is 0 Å². The van der Waals surface area contributed by atoms with Crippen LogP contribution in [0.4, 0.5) is 0 Å². The predicted molar refractivity (Wildman–Crippen MR) is 97.8 cm³/mol. The number of hydrogen-bond donors (Lipinski definition) is 0. The third kappa shape index (κ3) is 4.05. The first-order valence-corrected chi connectivity index (χ1v) is 7.50. The van der Waals surface area contributed by atoms with Gasteiger partial charge in [-0.1, -0.05) is 12.1 Å². The summed E-state index contributed by atoms with van der Waals surface area (Å²) < 4.78 is 11.3. The van der Waals surface area contributed by atoms with Gasteiger partial charge in [-0.05, 0) is 59.5 Å². The molecule has 6 heteroatoms. The van der Waals surface area contributed by atoms with E-state index in [4.69, 9.17) is 33.9 Å². The van der Waals surface area contributed by atoms with Crippen LogP contribution < -0.4 is 9.47 Å². The lowest BCUT2D eigenvalue weighted by Crippen LogP contribution is -2.25. The second kappa shape index (κ2) is 6.89. The topological polar surface area (TPSA) is 24.9 Å². The van der Waals surface area contributed by atoms with E-state index in [2.05, 4.69) is 0 Å². The molecular formula is C16H18N2O2S2. The number of nitrogens with zero attached hydrogens (tertiary/aromatic N) is 2. The second-order valence-corrected chi connectivity index (χ2v) is 5.89. The summed E-state index contributed by atoms with van der Waals surface area (Å²) in [6.07, 6.45) is 0. The lowest BCUT2D eigenvalue weighted by Gasteiger charge is -2.15. The van der Waals surface area contributed by atoms with E-state index in [1.807, 2.05) is 64.6 Å². The fraction of sp³-hybridized carbons (Fsp3) is 0.250. The Labute approximate surface area is 141 Å². The maximum atomic E-state index is 5.63. The molecular weight excluding hydrogens is 316 g/mol. The number of hydrogen-bond acceptors (Lipinski definition) is 4. The molecule has 0 radical (unpaired) electrons. The fourth-order valence-electron chi connectivity index (χ4n) is 1.71. The molecule has 0 heterocycles. The van der Waals surface area contributed by atoms with Crippen molar-refractivity contribution >= 4 is 45.6 Å². The van der Waals surface area contributed by atoms with Crippen molar-refractivity contribution in [2.75, 3.05) is 28.2 Å². The van der Waals surface area contributed by atoms with Crippen molar-refractivity contribution < 1.29 is 9.47 Å².